The van der Waals surface area contributed by atoms with Crippen molar-refractivity contribution < 1.29 is 14.0 Å². The van der Waals surface area contributed by atoms with E-state index in [0.717, 1.165) is 12.2 Å². The summed E-state index contributed by atoms with van der Waals surface area (Å²) in [5, 5.41) is 3.93. The van der Waals surface area contributed by atoms with Crippen molar-refractivity contribution >= 4 is 0 Å². The molecule has 0 aliphatic carbocycles. The molecule has 0 spiro atoms. The van der Waals surface area contributed by atoms with Crippen molar-refractivity contribution in [2.75, 3.05) is 13.2 Å². The van der Waals surface area contributed by atoms with Crippen LogP contribution in [0.15, 0.2) is 28.8 Å². The van der Waals surface area contributed by atoms with Crippen LogP contribution >= 0.6 is 0 Å². The van der Waals surface area contributed by atoms with Crippen molar-refractivity contribution in [3.8, 4) is 11.5 Å². The summed E-state index contributed by atoms with van der Waals surface area (Å²) in [5.74, 6) is 2.54. The first-order chi connectivity index (χ1) is 9.36. The van der Waals surface area contributed by atoms with Gasteiger partial charge in [0.1, 0.15) is 6.61 Å². The summed E-state index contributed by atoms with van der Waals surface area (Å²) in [4.78, 5) is 4.31. The molecule has 2 aromatic rings. The fourth-order valence-electron chi connectivity index (χ4n) is 1.90. The number of nitrogens with zero attached hydrogens (tertiary/aromatic N) is 2. The van der Waals surface area contributed by atoms with E-state index in [1.165, 1.54) is 0 Å². The molecule has 1 aromatic carbocycles. The molecule has 19 heavy (non-hydrogen) atoms. The first-order valence-electron chi connectivity index (χ1n) is 6.28. The fourth-order valence-corrected chi connectivity index (χ4v) is 1.90. The van der Waals surface area contributed by atoms with Crippen LogP contribution in [0, 0.1) is 0 Å². The van der Waals surface area contributed by atoms with Gasteiger partial charge < -0.3 is 19.7 Å². The fraction of sp³-hybridized carbons (Fsp3) is 0.385. The second-order valence-corrected chi connectivity index (χ2v) is 4.30. The van der Waals surface area contributed by atoms with Crippen LogP contribution in [0.25, 0.3) is 0 Å². The lowest BCUT2D eigenvalue weighted by atomic mass is 10.2. The molecular formula is C13H15N3O3. The van der Waals surface area contributed by atoms with Crippen LogP contribution < -0.4 is 15.2 Å². The highest BCUT2D eigenvalue weighted by Gasteiger charge is 2.26. The molecule has 6 nitrogen and oxygen atoms in total. The molecule has 0 amide bonds. The van der Waals surface area contributed by atoms with Gasteiger partial charge in [0, 0.05) is 6.42 Å². The lowest BCUT2D eigenvalue weighted by molar-refractivity contribution is 0.0832. The van der Waals surface area contributed by atoms with E-state index in [1.807, 2.05) is 24.3 Å². The third-order valence-corrected chi connectivity index (χ3v) is 2.88. The smallest absolute Gasteiger partial charge is 0.226 e. The summed E-state index contributed by atoms with van der Waals surface area (Å²) in [6.07, 6.45) is 1.19. The molecule has 2 heterocycles. The summed E-state index contributed by atoms with van der Waals surface area (Å²) in [6.45, 7) is 0.987. The van der Waals surface area contributed by atoms with Crippen molar-refractivity contribution in [3.63, 3.8) is 0 Å². The van der Waals surface area contributed by atoms with Crippen molar-refractivity contribution in [3.05, 3.63) is 36.0 Å². The largest absolute Gasteiger partial charge is 0.485 e. The van der Waals surface area contributed by atoms with E-state index < -0.39 is 0 Å². The Hall–Kier alpha value is -2.08. The minimum atomic E-state index is -0.328. The van der Waals surface area contributed by atoms with Gasteiger partial charge in [-0.25, -0.2) is 0 Å². The molecule has 1 aliphatic rings. The van der Waals surface area contributed by atoms with Crippen LogP contribution in [-0.4, -0.2) is 23.3 Å². The summed E-state index contributed by atoms with van der Waals surface area (Å²) in [5.41, 5.74) is 5.44. The van der Waals surface area contributed by atoms with Gasteiger partial charge in [-0.15, -0.1) is 0 Å². The molecule has 3 rings (SSSR count). The number of fused-ring (bicyclic) bond motifs is 1. The Morgan fingerprint density at radius 3 is 2.95 bits per heavy atom. The zero-order valence-electron chi connectivity index (χ0n) is 10.4. The lowest BCUT2D eigenvalue weighted by Gasteiger charge is -2.24. The van der Waals surface area contributed by atoms with Gasteiger partial charge in [-0.05, 0) is 25.1 Å². The number of hydrogen-bond donors (Lipinski definition) is 1. The maximum Gasteiger partial charge on any atom is 0.226 e. The zero-order chi connectivity index (χ0) is 13.1. The Labute approximate surface area is 110 Å². The quantitative estimate of drug-likeness (QED) is 0.897. The molecule has 0 saturated heterocycles. The van der Waals surface area contributed by atoms with Crippen molar-refractivity contribution in [1.82, 2.24) is 10.1 Å². The van der Waals surface area contributed by atoms with Gasteiger partial charge in [-0.3, -0.25) is 0 Å². The molecular weight excluding hydrogens is 246 g/mol. The Balaban J connectivity index is 1.72. The van der Waals surface area contributed by atoms with E-state index in [0.29, 0.717) is 37.0 Å². The molecule has 1 aliphatic heterocycles. The van der Waals surface area contributed by atoms with Gasteiger partial charge in [-0.1, -0.05) is 17.3 Å². The van der Waals surface area contributed by atoms with E-state index in [2.05, 4.69) is 10.1 Å². The van der Waals surface area contributed by atoms with Crippen molar-refractivity contribution in [2.24, 2.45) is 5.73 Å². The number of benzene rings is 1. The SMILES string of the molecule is NCCCc1nc(C2COc3ccccc3O2)no1. The Bertz CT molecular complexity index is 556. The van der Waals surface area contributed by atoms with Crippen molar-refractivity contribution in [2.45, 2.75) is 18.9 Å². The summed E-state index contributed by atoms with van der Waals surface area (Å²) < 4.78 is 16.6. The molecule has 100 valence electrons. The van der Waals surface area contributed by atoms with Crippen LogP contribution in [0.5, 0.6) is 11.5 Å². The van der Waals surface area contributed by atoms with Gasteiger partial charge in [0.05, 0.1) is 0 Å². The molecule has 6 heteroatoms. The van der Waals surface area contributed by atoms with Crippen LogP contribution in [-0.2, 0) is 6.42 Å². The van der Waals surface area contributed by atoms with Crippen LogP contribution in [0.1, 0.15) is 24.2 Å². The summed E-state index contributed by atoms with van der Waals surface area (Å²) >= 11 is 0. The monoisotopic (exact) mass is 261 g/mol. The molecule has 1 unspecified atom stereocenters. The van der Waals surface area contributed by atoms with Gasteiger partial charge in [-0.2, -0.15) is 4.98 Å². The number of para-hydroxylation sites is 2. The normalized spacial score (nSPS) is 17.4. The lowest BCUT2D eigenvalue weighted by Crippen LogP contribution is -2.22. The highest BCUT2D eigenvalue weighted by atomic mass is 16.6. The average Bonchev–Trinajstić information content (AvgIpc) is 2.93. The first kappa shape index (κ1) is 12.0. The van der Waals surface area contributed by atoms with E-state index in [9.17, 15) is 0 Å². The minimum Gasteiger partial charge on any atom is -0.485 e. The molecule has 1 aromatic heterocycles. The predicted molar refractivity (Wildman–Crippen MR) is 67.0 cm³/mol. The van der Waals surface area contributed by atoms with Gasteiger partial charge >= 0.3 is 0 Å². The third kappa shape index (κ3) is 2.53. The standard InChI is InChI=1S/C13H15N3O3/c14-7-3-6-12-15-13(16-19-12)11-8-17-9-4-1-2-5-10(9)18-11/h1-2,4-5,11H,3,6-8,14H2. The number of hydrogen-bond acceptors (Lipinski definition) is 6. The van der Waals surface area contributed by atoms with E-state index in [-0.39, 0.29) is 6.10 Å². The van der Waals surface area contributed by atoms with Gasteiger partial charge in [0.2, 0.25) is 11.7 Å². The van der Waals surface area contributed by atoms with Crippen LogP contribution in [0.3, 0.4) is 0 Å². The van der Waals surface area contributed by atoms with Crippen molar-refractivity contribution in [1.29, 1.82) is 0 Å². The number of aryl methyl sites for hydroxylation is 1. The second kappa shape index (κ2) is 5.27. The molecule has 0 bridgehead atoms. The second-order valence-electron chi connectivity index (χ2n) is 4.30. The number of nitrogens with two attached hydrogens (primary N) is 1. The molecule has 2 N–H and O–H groups in total. The minimum absolute atomic E-state index is 0.328. The molecule has 0 fully saturated rings. The Morgan fingerprint density at radius 2 is 2.11 bits per heavy atom. The number of ether oxygens (including phenoxy) is 2. The number of rotatable bonds is 4. The Morgan fingerprint density at radius 1 is 1.26 bits per heavy atom. The van der Waals surface area contributed by atoms with Crippen LogP contribution in [0.2, 0.25) is 0 Å². The van der Waals surface area contributed by atoms with E-state index in [4.69, 9.17) is 19.7 Å². The third-order valence-electron chi connectivity index (χ3n) is 2.88. The zero-order valence-corrected chi connectivity index (χ0v) is 10.4. The maximum absolute atomic E-state index is 5.80. The number of aromatic nitrogens is 2. The first-order valence-corrected chi connectivity index (χ1v) is 6.28. The maximum atomic E-state index is 5.80. The molecule has 1 atom stereocenters. The summed E-state index contributed by atoms with van der Waals surface area (Å²) in [6, 6.07) is 7.53. The molecule has 0 radical (unpaired) electrons. The van der Waals surface area contributed by atoms with Gasteiger partial charge in [0.15, 0.2) is 17.6 Å². The van der Waals surface area contributed by atoms with E-state index in [1.54, 1.807) is 0 Å². The van der Waals surface area contributed by atoms with Gasteiger partial charge in [0.25, 0.3) is 0 Å². The highest BCUT2D eigenvalue weighted by Crippen LogP contribution is 2.34. The summed E-state index contributed by atoms with van der Waals surface area (Å²) in [7, 11) is 0. The average molecular weight is 261 g/mol. The predicted octanol–water partition coefficient (Wildman–Crippen LogP) is 1.47. The molecule has 0 saturated carbocycles. The van der Waals surface area contributed by atoms with E-state index >= 15 is 0 Å². The highest BCUT2D eigenvalue weighted by molar-refractivity contribution is 5.40. The topological polar surface area (TPSA) is 83.4 Å². The van der Waals surface area contributed by atoms with Crippen LogP contribution in [0.4, 0.5) is 0 Å². The Kier molecular flexibility index (Phi) is 3.33.